The number of methoxy groups -OCH3 is 2. The van der Waals surface area contributed by atoms with Crippen LogP contribution in [0.5, 0.6) is 5.75 Å². The van der Waals surface area contributed by atoms with E-state index in [1.165, 1.54) is 7.11 Å². The summed E-state index contributed by atoms with van der Waals surface area (Å²) < 4.78 is 18.6. The molecule has 2 aromatic heterocycles. The molecule has 1 saturated heterocycles. The van der Waals surface area contributed by atoms with Crippen molar-refractivity contribution >= 4 is 52.8 Å². The van der Waals surface area contributed by atoms with Gasteiger partial charge in [0.05, 0.1) is 59.0 Å². The van der Waals surface area contributed by atoms with E-state index in [-0.39, 0.29) is 47.7 Å². The van der Waals surface area contributed by atoms with Gasteiger partial charge in [-0.2, -0.15) is 0 Å². The Hall–Kier alpha value is -5.18. The summed E-state index contributed by atoms with van der Waals surface area (Å²) in [7, 11) is 4.94. The molecule has 2 saturated carbocycles. The number of rotatable bonds is 13. The van der Waals surface area contributed by atoms with Crippen molar-refractivity contribution in [1.29, 1.82) is 0 Å². The van der Waals surface area contributed by atoms with Crippen molar-refractivity contribution in [2.75, 3.05) is 39.2 Å². The molecule has 0 radical (unpaired) electrons. The highest BCUT2D eigenvalue weighted by molar-refractivity contribution is 6.39. The van der Waals surface area contributed by atoms with E-state index < -0.39 is 11.7 Å². The largest absolute Gasteiger partial charge is 0.496 e. The molecular weight excluding hydrogens is 857 g/mol. The van der Waals surface area contributed by atoms with Crippen LogP contribution in [-0.2, 0) is 45.6 Å². The fraction of sp³-hybridized carbons (Fsp3) is 0.500. The fourth-order valence-electron chi connectivity index (χ4n) is 10.2. The smallest absolute Gasteiger partial charge is 0.410 e. The average molecular weight is 915 g/mol. The second kappa shape index (κ2) is 18.0. The Morgan fingerprint density at radius 3 is 2.48 bits per heavy atom. The van der Waals surface area contributed by atoms with Crippen LogP contribution in [0, 0.1) is 10.8 Å². The maximum Gasteiger partial charge on any atom is 0.410 e. The van der Waals surface area contributed by atoms with Gasteiger partial charge in [-0.25, -0.2) is 9.78 Å². The summed E-state index contributed by atoms with van der Waals surface area (Å²) in [6.45, 7) is 8.39. The molecule has 340 valence electrons. The molecular formula is C48H57Cl2N7O7. The number of hydrogen-bond donors (Lipinski definition) is 2. The van der Waals surface area contributed by atoms with Gasteiger partial charge in [-0.3, -0.25) is 24.3 Å². The molecule has 2 bridgehead atoms. The number of anilines is 1. The van der Waals surface area contributed by atoms with E-state index in [0.717, 1.165) is 75.0 Å². The lowest BCUT2D eigenvalue weighted by atomic mass is 9.80. The molecule has 3 amide bonds. The van der Waals surface area contributed by atoms with Crippen LogP contribution in [0.1, 0.15) is 99.7 Å². The Morgan fingerprint density at radius 1 is 1.02 bits per heavy atom. The number of hydrogen-bond acceptors (Lipinski definition) is 10. The number of benzene rings is 2. The number of amides is 3. The van der Waals surface area contributed by atoms with Crippen LogP contribution < -0.4 is 15.4 Å². The Balaban J connectivity index is 0.959. The number of aromatic nitrogens is 3. The lowest BCUT2D eigenvalue weighted by Crippen LogP contribution is -2.43. The number of ether oxygens (including phenoxy) is 3. The first kappa shape index (κ1) is 45.4. The molecule has 4 aliphatic rings. The van der Waals surface area contributed by atoms with Crippen molar-refractivity contribution in [3.63, 3.8) is 0 Å². The third-order valence-electron chi connectivity index (χ3n) is 13.6. The van der Waals surface area contributed by atoms with Gasteiger partial charge < -0.3 is 34.3 Å². The monoisotopic (exact) mass is 913 g/mol. The topological polar surface area (TPSA) is 157 Å². The van der Waals surface area contributed by atoms with Crippen LogP contribution in [0.2, 0.25) is 10.0 Å². The zero-order valence-electron chi connectivity index (χ0n) is 37.4. The molecule has 0 spiro atoms. The van der Waals surface area contributed by atoms with E-state index in [4.69, 9.17) is 42.4 Å². The Morgan fingerprint density at radius 2 is 1.78 bits per heavy atom. The summed E-state index contributed by atoms with van der Waals surface area (Å²) >= 11 is 14.2. The van der Waals surface area contributed by atoms with Crippen molar-refractivity contribution < 1.29 is 33.4 Å². The summed E-state index contributed by atoms with van der Waals surface area (Å²) in [6, 6.07) is 12.5. The van der Waals surface area contributed by atoms with Crippen molar-refractivity contribution in [3.05, 3.63) is 81.5 Å². The molecule has 1 atom stereocenters. The molecule has 2 aliphatic carbocycles. The summed E-state index contributed by atoms with van der Waals surface area (Å²) in [5.74, 6) is 0.371. The van der Waals surface area contributed by atoms with Gasteiger partial charge in [-0.1, -0.05) is 47.5 Å². The van der Waals surface area contributed by atoms with E-state index >= 15 is 0 Å². The minimum absolute atomic E-state index is 0.0361. The second-order valence-electron chi connectivity index (χ2n) is 18.9. The molecule has 16 heteroatoms. The number of fused-ring (bicyclic) bond motifs is 3. The van der Waals surface area contributed by atoms with Crippen molar-refractivity contribution in [2.45, 2.75) is 103 Å². The third kappa shape index (κ3) is 9.19. The summed E-state index contributed by atoms with van der Waals surface area (Å²) in [4.78, 5) is 65.2. The van der Waals surface area contributed by atoms with E-state index in [0.29, 0.717) is 69.1 Å². The number of carbonyl (C=O) groups is 4. The molecule has 64 heavy (non-hydrogen) atoms. The number of nitrogens with one attached hydrogen (secondary N) is 2. The van der Waals surface area contributed by atoms with Crippen LogP contribution >= 0.6 is 23.2 Å². The zero-order chi connectivity index (χ0) is 45.6. The minimum Gasteiger partial charge on any atom is -0.496 e. The van der Waals surface area contributed by atoms with Gasteiger partial charge in [0.25, 0.3) is 5.91 Å². The Bertz CT molecular complexity index is 2470. The van der Waals surface area contributed by atoms with Crippen LogP contribution in [0.25, 0.3) is 22.4 Å². The lowest BCUT2D eigenvalue weighted by molar-refractivity contribution is -0.152. The van der Waals surface area contributed by atoms with Crippen LogP contribution in [0.4, 0.5) is 10.5 Å². The number of carbonyl (C=O) groups excluding carboxylic acids is 4. The number of pyridine rings is 1. The van der Waals surface area contributed by atoms with Crippen molar-refractivity contribution in [2.24, 2.45) is 17.9 Å². The van der Waals surface area contributed by atoms with Crippen LogP contribution in [0.3, 0.4) is 0 Å². The molecule has 0 unspecified atom stereocenters. The fourth-order valence-corrected chi connectivity index (χ4v) is 10.8. The first-order chi connectivity index (χ1) is 30.5. The van der Waals surface area contributed by atoms with Gasteiger partial charge in [-0.15, -0.1) is 0 Å². The number of halogens is 2. The first-order valence-electron chi connectivity index (χ1n) is 22.1. The maximum atomic E-state index is 13.9. The van der Waals surface area contributed by atoms with Gasteiger partial charge >= 0.3 is 12.1 Å². The standard InChI is InChI=1S/C48H57Cl2N7O7/c1-46(2,3)64-45(61)57(26-31-12-13-38(58)52-31)25-30-11-10-29(24-37(30)62-5)41-40(50)33(14-21-51-41)32-8-7-9-35(39(32)49)54-43(59)42-53-34-15-22-56(27-36(34)55(42)4)23-20-47-16-18-48(28-47,19-17-47)44(60)63-6/h7-11,14,21,24,31H,12-13,15-20,22-23,25-28H2,1-6H3,(H,52,58)(H,54,59)/t31-,47?,48?/m0/s1. The number of imidazole rings is 1. The number of nitrogens with zero attached hydrogens (tertiary/aromatic N) is 5. The Labute approximate surface area is 384 Å². The highest BCUT2D eigenvalue weighted by atomic mass is 35.5. The van der Waals surface area contributed by atoms with Crippen LogP contribution in [-0.4, -0.2) is 93.7 Å². The van der Waals surface area contributed by atoms with Gasteiger partial charge in [0.2, 0.25) is 5.91 Å². The Kier molecular flexibility index (Phi) is 12.8. The quantitative estimate of drug-likeness (QED) is 0.125. The van der Waals surface area contributed by atoms with Gasteiger partial charge in [0.15, 0.2) is 5.82 Å². The molecule has 2 aromatic carbocycles. The summed E-state index contributed by atoms with van der Waals surface area (Å²) in [6.07, 6.45) is 8.90. The van der Waals surface area contributed by atoms with Gasteiger partial charge in [-0.05, 0) is 95.9 Å². The molecule has 3 fully saturated rings. The lowest BCUT2D eigenvalue weighted by Gasteiger charge is -2.32. The predicted molar refractivity (Wildman–Crippen MR) is 244 cm³/mol. The molecule has 2 aliphatic heterocycles. The highest BCUT2D eigenvalue weighted by Gasteiger charge is 2.58. The van der Waals surface area contributed by atoms with Crippen LogP contribution in [0.15, 0.2) is 48.7 Å². The SMILES string of the molecule is COC(=O)C12CCC(CCN3CCc4nc(C(=O)Nc5cccc(-c6ccnc(-c7ccc(CN(C[C@@H]8CCC(=O)N8)C(=O)OC(C)(C)C)c(OC)c7)c6Cl)c5Cl)n(C)c4C3)(CC1)C2. The molecule has 8 rings (SSSR count). The molecule has 14 nitrogen and oxygen atoms in total. The highest BCUT2D eigenvalue weighted by Crippen LogP contribution is 2.63. The summed E-state index contributed by atoms with van der Waals surface area (Å²) in [5.41, 5.74) is 4.67. The molecule has 4 aromatic rings. The minimum atomic E-state index is -0.707. The van der Waals surface area contributed by atoms with E-state index in [2.05, 4.69) is 20.5 Å². The molecule has 2 N–H and O–H groups in total. The van der Waals surface area contributed by atoms with E-state index in [1.807, 2.05) is 62.7 Å². The molecule has 4 heterocycles. The van der Waals surface area contributed by atoms with E-state index in [1.54, 1.807) is 30.3 Å². The second-order valence-corrected chi connectivity index (χ2v) is 19.7. The van der Waals surface area contributed by atoms with E-state index in [9.17, 15) is 19.2 Å². The van der Waals surface area contributed by atoms with Gasteiger partial charge in [0.1, 0.15) is 11.4 Å². The average Bonchev–Trinajstić information content (AvgIpc) is 4.05. The first-order valence-corrected chi connectivity index (χ1v) is 22.8. The predicted octanol–water partition coefficient (Wildman–Crippen LogP) is 8.60. The number of esters is 1. The zero-order valence-corrected chi connectivity index (χ0v) is 39.0. The summed E-state index contributed by atoms with van der Waals surface area (Å²) in [5, 5.41) is 6.60. The normalized spacial score (nSPS) is 21.6. The third-order valence-corrected chi connectivity index (χ3v) is 14.4. The maximum absolute atomic E-state index is 13.9. The van der Waals surface area contributed by atoms with Crippen molar-refractivity contribution in [3.8, 4) is 28.1 Å². The van der Waals surface area contributed by atoms with Gasteiger partial charge in [0, 0.05) is 74.0 Å². The van der Waals surface area contributed by atoms with Crippen molar-refractivity contribution in [1.82, 2.24) is 29.7 Å².